The van der Waals surface area contributed by atoms with Crippen LogP contribution in [0.5, 0.6) is 5.75 Å². The molecule has 28 heavy (non-hydrogen) atoms. The van der Waals surface area contributed by atoms with Crippen molar-refractivity contribution in [1.82, 2.24) is 9.97 Å². The van der Waals surface area contributed by atoms with Crippen molar-refractivity contribution in [2.24, 2.45) is 0 Å². The Bertz CT molecular complexity index is 1140. The number of halogens is 2. The van der Waals surface area contributed by atoms with Gasteiger partial charge in [0.15, 0.2) is 5.13 Å². The summed E-state index contributed by atoms with van der Waals surface area (Å²) < 4.78 is 7.02. The number of amides is 1. The first-order chi connectivity index (χ1) is 13.5. The van der Waals surface area contributed by atoms with Crippen molar-refractivity contribution >= 4 is 67.1 Å². The van der Waals surface area contributed by atoms with Gasteiger partial charge in [0.05, 0.1) is 39.5 Å². The van der Waals surface area contributed by atoms with Crippen LogP contribution in [0.1, 0.15) is 16.1 Å². The van der Waals surface area contributed by atoms with Crippen LogP contribution in [0.4, 0.5) is 5.13 Å². The van der Waals surface area contributed by atoms with E-state index in [1.54, 1.807) is 24.3 Å². The van der Waals surface area contributed by atoms with Gasteiger partial charge in [-0.25, -0.2) is 4.98 Å². The number of ether oxygens (including phenoxy) is 1. The van der Waals surface area contributed by atoms with E-state index in [0.717, 1.165) is 27.2 Å². The van der Waals surface area contributed by atoms with Crippen LogP contribution in [-0.4, -0.2) is 23.0 Å². The zero-order chi connectivity index (χ0) is 19.7. The zero-order valence-electron chi connectivity index (χ0n) is 14.6. The SMILES string of the molecule is COc1ccc2sc(N(Cc3ccccn3)C(=O)c3cc(Cl)sc3Cl)nc2c1. The predicted molar refractivity (Wildman–Crippen MR) is 115 cm³/mol. The lowest BCUT2D eigenvalue weighted by Gasteiger charge is -2.19. The van der Waals surface area contributed by atoms with Crippen LogP contribution in [0.2, 0.25) is 8.67 Å². The number of thiophene rings is 1. The fourth-order valence-corrected chi connectivity index (χ4v) is 5.04. The van der Waals surface area contributed by atoms with Gasteiger partial charge in [-0.3, -0.25) is 14.7 Å². The summed E-state index contributed by atoms with van der Waals surface area (Å²) in [6.45, 7) is 0.264. The van der Waals surface area contributed by atoms with Crippen LogP contribution in [0.3, 0.4) is 0 Å². The fourth-order valence-electron chi connectivity index (χ4n) is 2.65. The maximum Gasteiger partial charge on any atom is 0.262 e. The first-order valence-electron chi connectivity index (χ1n) is 8.16. The number of benzene rings is 1. The van der Waals surface area contributed by atoms with Gasteiger partial charge in [0, 0.05) is 12.3 Å². The number of methoxy groups -OCH3 is 1. The minimum atomic E-state index is -0.273. The number of fused-ring (bicyclic) bond motifs is 1. The van der Waals surface area contributed by atoms with E-state index in [-0.39, 0.29) is 12.5 Å². The lowest BCUT2D eigenvalue weighted by molar-refractivity contribution is 0.0985. The molecule has 3 heterocycles. The van der Waals surface area contributed by atoms with E-state index in [1.165, 1.54) is 11.3 Å². The molecule has 142 valence electrons. The molecule has 0 saturated heterocycles. The van der Waals surface area contributed by atoms with Gasteiger partial charge in [0.2, 0.25) is 0 Å². The van der Waals surface area contributed by atoms with Crippen molar-refractivity contribution in [3.63, 3.8) is 0 Å². The molecule has 0 unspecified atom stereocenters. The predicted octanol–water partition coefficient (Wildman–Crippen LogP) is 5.92. The quantitative estimate of drug-likeness (QED) is 0.379. The molecule has 0 fully saturated rings. The van der Waals surface area contributed by atoms with Gasteiger partial charge >= 0.3 is 0 Å². The molecule has 1 amide bonds. The van der Waals surface area contributed by atoms with Gasteiger partial charge in [0.25, 0.3) is 5.91 Å². The maximum atomic E-state index is 13.3. The van der Waals surface area contributed by atoms with Crippen LogP contribution < -0.4 is 9.64 Å². The van der Waals surface area contributed by atoms with Gasteiger partial charge in [-0.05, 0) is 30.3 Å². The third kappa shape index (κ3) is 3.84. The van der Waals surface area contributed by atoms with Crippen LogP contribution in [0, 0.1) is 0 Å². The maximum absolute atomic E-state index is 13.3. The van der Waals surface area contributed by atoms with E-state index in [2.05, 4.69) is 9.97 Å². The molecule has 0 N–H and O–H groups in total. The molecular formula is C19H13Cl2N3O2S2. The van der Waals surface area contributed by atoms with Crippen LogP contribution in [0.25, 0.3) is 10.2 Å². The summed E-state index contributed by atoms with van der Waals surface area (Å²) in [5.74, 6) is 0.435. The highest BCUT2D eigenvalue weighted by Gasteiger charge is 2.25. The second-order valence-electron chi connectivity index (χ2n) is 5.78. The van der Waals surface area contributed by atoms with Gasteiger partial charge in [-0.1, -0.05) is 40.6 Å². The zero-order valence-corrected chi connectivity index (χ0v) is 17.7. The molecule has 0 bridgehead atoms. The summed E-state index contributed by atoms with van der Waals surface area (Å²) >= 11 is 14.9. The number of aromatic nitrogens is 2. The van der Waals surface area contributed by atoms with E-state index < -0.39 is 0 Å². The topological polar surface area (TPSA) is 55.3 Å². The third-order valence-electron chi connectivity index (χ3n) is 3.99. The van der Waals surface area contributed by atoms with Crippen molar-refractivity contribution in [1.29, 1.82) is 0 Å². The minimum Gasteiger partial charge on any atom is -0.497 e. The lowest BCUT2D eigenvalue weighted by Crippen LogP contribution is -2.30. The van der Waals surface area contributed by atoms with E-state index in [4.69, 9.17) is 27.9 Å². The normalized spacial score (nSPS) is 11.0. The Morgan fingerprint density at radius 2 is 2.04 bits per heavy atom. The first-order valence-corrected chi connectivity index (χ1v) is 10.5. The summed E-state index contributed by atoms with van der Waals surface area (Å²) in [7, 11) is 1.60. The molecule has 9 heteroatoms. The molecule has 5 nitrogen and oxygen atoms in total. The lowest BCUT2D eigenvalue weighted by atomic mass is 10.2. The molecule has 0 spiro atoms. The van der Waals surface area contributed by atoms with Crippen LogP contribution in [0.15, 0.2) is 48.7 Å². The minimum absolute atomic E-state index is 0.264. The summed E-state index contributed by atoms with van der Waals surface area (Å²) in [6.07, 6.45) is 1.69. The van der Waals surface area contributed by atoms with Crippen LogP contribution in [-0.2, 0) is 6.54 Å². The number of rotatable bonds is 5. The van der Waals surface area contributed by atoms with E-state index in [9.17, 15) is 4.79 Å². The highest BCUT2D eigenvalue weighted by molar-refractivity contribution is 7.22. The number of carbonyl (C=O) groups excluding carboxylic acids is 1. The van der Waals surface area contributed by atoms with Crippen molar-refractivity contribution in [3.05, 3.63) is 68.6 Å². The van der Waals surface area contributed by atoms with Crippen molar-refractivity contribution in [2.75, 3.05) is 12.0 Å². The number of hydrogen-bond acceptors (Lipinski definition) is 6. The van der Waals surface area contributed by atoms with Gasteiger partial charge in [-0.2, -0.15) is 0 Å². The number of anilines is 1. The largest absolute Gasteiger partial charge is 0.497 e. The molecule has 0 saturated carbocycles. The van der Waals surface area contributed by atoms with Crippen molar-refractivity contribution < 1.29 is 9.53 Å². The molecule has 0 atom stereocenters. The Balaban J connectivity index is 1.78. The standard InChI is InChI=1S/C19H13Cl2N3O2S2/c1-26-12-5-6-15-14(8-12)23-19(27-15)24(10-11-4-2-3-7-22-11)18(25)13-9-16(20)28-17(13)21/h2-9H,10H2,1H3. The van der Waals surface area contributed by atoms with Crippen molar-refractivity contribution in [3.8, 4) is 5.75 Å². The molecule has 4 rings (SSSR count). The van der Waals surface area contributed by atoms with Crippen LogP contribution >= 0.6 is 45.9 Å². The number of pyridine rings is 1. The van der Waals surface area contributed by atoms with E-state index >= 15 is 0 Å². The monoisotopic (exact) mass is 449 g/mol. The van der Waals surface area contributed by atoms with Gasteiger partial charge < -0.3 is 4.74 Å². The average Bonchev–Trinajstić information content (AvgIpc) is 3.27. The third-order valence-corrected chi connectivity index (χ3v) is 6.54. The highest BCUT2D eigenvalue weighted by Crippen LogP contribution is 2.36. The molecular weight excluding hydrogens is 437 g/mol. The Hall–Kier alpha value is -2.19. The summed E-state index contributed by atoms with van der Waals surface area (Å²) in [6, 6.07) is 12.8. The molecule has 0 aliphatic rings. The molecule has 0 radical (unpaired) electrons. The Kier molecular flexibility index (Phi) is 5.50. The van der Waals surface area contributed by atoms with Crippen molar-refractivity contribution in [2.45, 2.75) is 6.54 Å². The molecule has 1 aromatic carbocycles. The summed E-state index contributed by atoms with van der Waals surface area (Å²) in [5.41, 5.74) is 1.85. The second kappa shape index (κ2) is 8.05. The van der Waals surface area contributed by atoms with Gasteiger partial charge in [-0.15, -0.1) is 11.3 Å². The molecule has 0 aliphatic heterocycles. The Morgan fingerprint density at radius 1 is 1.18 bits per heavy atom. The number of thiazole rings is 1. The summed E-state index contributed by atoms with van der Waals surface area (Å²) in [5, 5.41) is 0.553. The first kappa shape index (κ1) is 19.1. The number of hydrogen-bond donors (Lipinski definition) is 0. The highest BCUT2D eigenvalue weighted by atomic mass is 35.5. The Labute approximate surface area is 179 Å². The molecule has 4 aromatic rings. The Morgan fingerprint density at radius 3 is 2.71 bits per heavy atom. The number of carbonyl (C=O) groups is 1. The molecule has 3 aromatic heterocycles. The van der Waals surface area contributed by atoms with Gasteiger partial charge in [0.1, 0.15) is 10.1 Å². The molecule has 0 aliphatic carbocycles. The summed E-state index contributed by atoms with van der Waals surface area (Å²) in [4.78, 5) is 23.8. The van der Waals surface area contributed by atoms with E-state index in [1.807, 2.05) is 36.4 Å². The fraction of sp³-hybridized carbons (Fsp3) is 0.105. The second-order valence-corrected chi connectivity index (χ2v) is 9.08. The smallest absolute Gasteiger partial charge is 0.262 e. The van der Waals surface area contributed by atoms with E-state index in [0.29, 0.717) is 25.1 Å². The number of nitrogens with zero attached hydrogens (tertiary/aromatic N) is 3. The average molecular weight is 450 g/mol.